The lowest BCUT2D eigenvalue weighted by atomic mass is 10.0. The van der Waals surface area contributed by atoms with E-state index >= 15 is 0 Å². The molecule has 0 saturated carbocycles. The molecule has 0 N–H and O–H groups in total. The number of anilines is 1. The van der Waals surface area contributed by atoms with Crippen LogP contribution in [0.1, 0.15) is 23.7 Å². The molecule has 0 bridgehead atoms. The lowest BCUT2D eigenvalue weighted by Crippen LogP contribution is -2.15. The fourth-order valence-electron chi connectivity index (χ4n) is 2.32. The van der Waals surface area contributed by atoms with Crippen molar-refractivity contribution in [1.29, 1.82) is 0 Å². The molecule has 3 nitrogen and oxygen atoms in total. The van der Waals surface area contributed by atoms with Crippen molar-refractivity contribution in [3.05, 3.63) is 23.5 Å². The third-order valence-corrected chi connectivity index (χ3v) is 3.28. The second kappa shape index (κ2) is 4.42. The van der Waals surface area contributed by atoms with Crippen LogP contribution in [0.4, 0.5) is 5.69 Å². The van der Waals surface area contributed by atoms with Crippen LogP contribution in [-0.4, -0.2) is 44.1 Å². The first-order valence-electron chi connectivity index (χ1n) is 5.90. The van der Waals surface area contributed by atoms with Crippen LogP contribution in [0.3, 0.4) is 0 Å². The van der Waals surface area contributed by atoms with Crippen LogP contribution < -0.4 is 4.90 Å². The molecule has 2 rings (SSSR count). The number of hydrogen-bond donors (Lipinski definition) is 0. The fraction of sp³-hybridized carbons (Fsp3) is 0.615. The predicted octanol–water partition coefficient (Wildman–Crippen LogP) is 1.88. The van der Waals surface area contributed by atoms with E-state index in [4.69, 9.17) is 0 Å². The van der Waals surface area contributed by atoms with Gasteiger partial charge in [0, 0.05) is 43.6 Å². The minimum absolute atomic E-state index is 0.614. The number of pyridine rings is 1. The molecule has 1 fully saturated rings. The third kappa shape index (κ3) is 2.35. The Hall–Kier alpha value is -1.09. The number of nitrogens with zero attached hydrogens (tertiary/aromatic N) is 3. The Morgan fingerprint density at radius 1 is 1.38 bits per heavy atom. The molecule has 0 radical (unpaired) electrons. The van der Waals surface area contributed by atoms with Crippen LogP contribution in [0.25, 0.3) is 0 Å². The highest BCUT2D eigenvalue weighted by Gasteiger charge is 2.22. The lowest BCUT2D eigenvalue weighted by Gasteiger charge is -2.17. The number of aromatic nitrogens is 1. The van der Waals surface area contributed by atoms with Crippen LogP contribution in [-0.2, 0) is 0 Å². The van der Waals surface area contributed by atoms with Crippen molar-refractivity contribution in [3.63, 3.8) is 0 Å². The van der Waals surface area contributed by atoms with Crippen molar-refractivity contribution in [2.45, 2.75) is 19.3 Å². The number of likely N-dealkylation sites (N-methyl/N-ethyl adjacent to an activating group) is 1. The molecule has 88 valence electrons. The van der Waals surface area contributed by atoms with Gasteiger partial charge in [0.15, 0.2) is 0 Å². The summed E-state index contributed by atoms with van der Waals surface area (Å²) < 4.78 is 0. The Kier molecular flexibility index (Phi) is 3.15. The molecule has 1 saturated heterocycles. The van der Waals surface area contributed by atoms with E-state index in [9.17, 15) is 0 Å². The van der Waals surface area contributed by atoms with E-state index in [1.807, 2.05) is 0 Å². The van der Waals surface area contributed by atoms with Crippen molar-refractivity contribution in [1.82, 2.24) is 9.88 Å². The number of likely N-dealkylation sites (tertiary alicyclic amines) is 1. The minimum atomic E-state index is 0.614. The Morgan fingerprint density at radius 2 is 2.12 bits per heavy atom. The first kappa shape index (κ1) is 11.4. The number of aryl methyl sites for hydroxylation is 1. The summed E-state index contributed by atoms with van der Waals surface area (Å²) in [7, 11) is 6.35. The smallest absolute Gasteiger partial charge is 0.0471 e. The van der Waals surface area contributed by atoms with Crippen molar-refractivity contribution in [3.8, 4) is 0 Å². The van der Waals surface area contributed by atoms with E-state index in [1.54, 1.807) is 0 Å². The Bertz CT molecular complexity index is 373. The lowest BCUT2D eigenvalue weighted by molar-refractivity contribution is 0.410. The van der Waals surface area contributed by atoms with E-state index in [0.29, 0.717) is 5.92 Å². The van der Waals surface area contributed by atoms with Crippen molar-refractivity contribution >= 4 is 5.69 Å². The Morgan fingerprint density at radius 3 is 2.69 bits per heavy atom. The van der Waals surface area contributed by atoms with Gasteiger partial charge in [-0.1, -0.05) is 0 Å². The van der Waals surface area contributed by atoms with Gasteiger partial charge in [0.2, 0.25) is 0 Å². The molecule has 0 unspecified atom stereocenters. The zero-order chi connectivity index (χ0) is 11.7. The molecule has 1 aromatic rings. The van der Waals surface area contributed by atoms with Gasteiger partial charge in [-0.15, -0.1) is 0 Å². The zero-order valence-corrected chi connectivity index (χ0v) is 10.7. The standard InChI is InChI=1S/C13H21N3/c1-10-7-12(15(2)3)8-13(14-10)11-5-6-16(4)9-11/h7-8,11H,5-6,9H2,1-4H3/t11-/m1/s1. The second-order valence-corrected chi connectivity index (χ2v) is 5.03. The average molecular weight is 219 g/mol. The van der Waals surface area contributed by atoms with Crippen LogP contribution in [0.2, 0.25) is 0 Å². The maximum Gasteiger partial charge on any atom is 0.0471 e. The van der Waals surface area contributed by atoms with Gasteiger partial charge in [0.05, 0.1) is 0 Å². The summed E-state index contributed by atoms with van der Waals surface area (Å²) >= 11 is 0. The molecule has 0 aliphatic carbocycles. The highest BCUT2D eigenvalue weighted by Crippen LogP contribution is 2.27. The first-order chi connectivity index (χ1) is 7.56. The summed E-state index contributed by atoms with van der Waals surface area (Å²) in [6, 6.07) is 4.37. The van der Waals surface area contributed by atoms with Gasteiger partial charge in [-0.3, -0.25) is 4.98 Å². The van der Waals surface area contributed by atoms with E-state index in [-0.39, 0.29) is 0 Å². The maximum atomic E-state index is 4.68. The summed E-state index contributed by atoms with van der Waals surface area (Å²) in [6.45, 7) is 4.41. The van der Waals surface area contributed by atoms with E-state index < -0.39 is 0 Å². The molecule has 1 atom stereocenters. The largest absolute Gasteiger partial charge is 0.378 e. The van der Waals surface area contributed by atoms with E-state index in [2.05, 4.69) is 55.0 Å². The van der Waals surface area contributed by atoms with Crippen LogP contribution >= 0.6 is 0 Å². The highest BCUT2D eigenvalue weighted by atomic mass is 15.1. The predicted molar refractivity (Wildman–Crippen MR) is 68.2 cm³/mol. The van der Waals surface area contributed by atoms with Crippen molar-refractivity contribution in [2.24, 2.45) is 0 Å². The van der Waals surface area contributed by atoms with Crippen LogP contribution in [0.5, 0.6) is 0 Å². The molecule has 1 aliphatic rings. The monoisotopic (exact) mass is 219 g/mol. The van der Waals surface area contributed by atoms with Gasteiger partial charge in [-0.25, -0.2) is 0 Å². The van der Waals surface area contributed by atoms with E-state index in [1.165, 1.54) is 24.3 Å². The number of hydrogen-bond acceptors (Lipinski definition) is 3. The van der Waals surface area contributed by atoms with Crippen molar-refractivity contribution < 1.29 is 0 Å². The van der Waals surface area contributed by atoms with Crippen LogP contribution in [0.15, 0.2) is 12.1 Å². The molecule has 0 amide bonds. The zero-order valence-electron chi connectivity index (χ0n) is 10.7. The number of rotatable bonds is 2. The third-order valence-electron chi connectivity index (χ3n) is 3.28. The molecular formula is C13H21N3. The maximum absolute atomic E-state index is 4.68. The van der Waals surface area contributed by atoms with Gasteiger partial charge in [0.1, 0.15) is 0 Å². The second-order valence-electron chi connectivity index (χ2n) is 5.03. The summed E-state index contributed by atoms with van der Waals surface area (Å²) in [4.78, 5) is 9.21. The van der Waals surface area contributed by atoms with Gasteiger partial charge in [-0.05, 0) is 39.1 Å². The molecule has 1 aromatic heterocycles. The van der Waals surface area contributed by atoms with Gasteiger partial charge in [-0.2, -0.15) is 0 Å². The summed E-state index contributed by atoms with van der Waals surface area (Å²) in [6.07, 6.45) is 1.24. The molecule has 0 spiro atoms. The quantitative estimate of drug-likeness (QED) is 0.757. The van der Waals surface area contributed by atoms with Crippen LogP contribution in [0, 0.1) is 6.92 Å². The Balaban J connectivity index is 2.27. The molecule has 3 heteroatoms. The highest BCUT2D eigenvalue weighted by molar-refractivity contribution is 5.47. The van der Waals surface area contributed by atoms with Gasteiger partial charge < -0.3 is 9.80 Å². The first-order valence-corrected chi connectivity index (χ1v) is 5.90. The van der Waals surface area contributed by atoms with Gasteiger partial charge in [0.25, 0.3) is 0 Å². The summed E-state index contributed by atoms with van der Waals surface area (Å²) in [5, 5.41) is 0. The topological polar surface area (TPSA) is 19.4 Å². The molecular weight excluding hydrogens is 198 g/mol. The molecule has 0 aromatic carbocycles. The van der Waals surface area contributed by atoms with Crippen molar-refractivity contribution in [2.75, 3.05) is 39.1 Å². The summed E-state index contributed by atoms with van der Waals surface area (Å²) in [5.74, 6) is 0.614. The fourth-order valence-corrected chi connectivity index (χ4v) is 2.32. The van der Waals surface area contributed by atoms with Gasteiger partial charge >= 0.3 is 0 Å². The Labute approximate surface area is 98.1 Å². The average Bonchev–Trinajstić information content (AvgIpc) is 2.64. The SMILES string of the molecule is Cc1cc(N(C)C)cc([C@@H]2CCN(C)C2)n1. The van der Waals surface area contributed by atoms with E-state index in [0.717, 1.165) is 12.2 Å². The normalized spacial score (nSPS) is 21.4. The minimum Gasteiger partial charge on any atom is -0.378 e. The summed E-state index contributed by atoms with van der Waals surface area (Å²) in [5.41, 5.74) is 3.64. The molecule has 1 aliphatic heterocycles. The molecule has 2 heterocycles. The molecule has 16 heavy (non-hydrogen) atoms.